The van der Waals surface area contributed by atoms with E-state index in [1.165, 1.54) is 7.11 Å². The van der Waals surface area contributed by atoms with Crippen molar-refractivity contribution in [1.29, 1.82) is 0 Å². The molecule has 0 spiro atoms. The van der Waals surface area contributed by atoms with Gasteiger partial charge in [-0.2, -0.15) is 0 Å². The van der Waals surface area contributed by atoms with Crippen LogP contribution in [0.1, 0.15) is 32.3 Å². The van der Waals surface area contributed by atoms with E-state index >= 15 is 0 Å². The number of esters is 1. The van der Waals surface area contributed by atoms with E-state index in [1.807, 2.05) is 18.2 Å². The summed E-state index contributed by atoms with van der Waals surface area (Å²) in [5, 5.41) is 3.37. The highest BCUT2D eigenvalue weighted by Crippen LogP contribution is 2.29. The standard InChI is InChI=1S/C15H22BrNO3/c1-11(2)17-10-12-6-4-7-13(16)15(12)20-9-5-8-14(18)19-3/h4,6-7,11,17H,5,8-10H2,1-3H3. The van der Waals surface area contributed by atoms with Crippen LogP contribution in [-0.4, -0.2) is 25.7 Å². The molecule has 4 nitrogen and oxygen atoms in total. The Morgan fingerprint density at radius 3 is 2.80 bits per heavy atom. The van der Waals surface area contributed by atoms with Gasteiger partial charge in [-0.1, -0.05) is 26.0 Å². The maximum absolute atomic E-state index is 11.0. The summed E-state index contributed by atoms with van der Waals surface area (Å²) in [6, 6.07) is 6.40. The largest absolute Gasteiger partial charge is 0.492 e. The normalized spacial score (nSPS) is 10.7. The lowest BCUT2D eigenvalue weighted by atomic mass is 10.2. The summed E-state index contributed by atoms with van der Waals surface area (Å²) in [5.41, 5.74) is 1.10. The van der Waals surface area contributed by atoms with Crippen LogP contribution in [0.5, 0.6) is 5.75 Å². The van der Waals surface area contributed by atoms with Gasteiger partial charge in [0.25, 0.3) is 0 Å². The number of para-hydroxylation sites is 1. The topological polar surface area (TPSA) is 47.6 Å². The SMILES string of the molecule is COC(=O)CCCOc1c(Br)cccc1CNC(C)C. The van der Waals surface area contributed by atoms with Crippen molar-refractivity contribution in [3.8, 4) is 5.75 Å². The van der Waals surface area contributed by atoms with Crippen LogP contribution in [0, 0.1) is 0 Å². The zero-order valence-corrected chi connectivity index (χ0v) is 13.8. The third-order valence-electron chi connectivity index (χ3n) is 2.75. The van der Waals surface area contributed by atoms with Crippen molar-refractivity contribution in [1.82, 2.24) is 5.32 Å². The molecule has 0 atom stereocenters. The molecule has 0 aromatic heterocycles. The van der Waals surface area contributed by atoms with E-state index in [-0.39, 0.29) is 5.97 Å². The number of carbonyl (C=O) groups is 1. The Morgan fingerprint density at radius 1 is 1.40 bits per heavy atom. The van der Waals surface area contributed by atoms with Crippen LogP contribution in [0.4, 0.5) is 0 Å². The van der Waals surface area contributed by atoms with E-state index in [9.17, 15) is 4.79 Å². The fourth-order valence-corrected chi connectivity index (χ4v) is 2.18. The molecule has 0 saturated carbocycles. The molecule has 0 unspecified atom stereocenters. The monoisotopic (exact) mass is 343 g/mol. The second kappa shape index (κ2) is 8.97. The van der Waals surface area contributed by atoms with Crippen molar-refractivity contribution in [2.24, 2.45) is 0 Å². The predicted octanol–water partition coefficient (Wildman–Crippen LogP) is 3.28. The molecule has 1 aromatic carbocycles. The molecule has 0 aliphatic carbocycles. The number of nitrogens with one attached hydrogen (secondary N) is 1. The van der Waals surface area contributed by atoms with Gasteiger partial charge in [-0.15, -0.1) is 0 Å². The second-order valence-corrected chi connectivity index (χ2v) is 5.65. The number of hydrogen-bond acceptors (Lipinski definition) is 4. The third-order valence-corrected chi connectivity index (χ3v) is 3.37. The fraction of sp³-hybridized carbons (Fsp3) is 0.533. The molecule has 0 heterocycles. The molecule has 1 aromatic rings. The molecule has 112 valence electrons. The Morgan fingerprint density at radius 2 is 2.15 bits per heavy atom. The van der Waals surface area contributed by atoms with Gasteiger partial charge >= 0.3 is 5.97 Å². The minimum Gasteiger partial charge on any atom is -0.492 e. The van der Waals surface area contributed by atoms with Gasteiger partial charge in [-0.25, -0.2) is 0 Å². The molecule has 5 heteroatoms. The van der Waals surface area contributed by atoms with Crippen LogP contribution in [-0.2, 0) is 16.1 Å². The Hall–Kier alpha value is -1.07. The second-order valence-electron chi connectivity index (χ2n) is 4.79. The van der Waals surface area contributed by atoms with Crippen LogP contribution in [0.15, 0.2) is 22.7 Å². The van der Waals surface area contributed by atoms with Gasteiger partial charge in [-0.05, 0) is 28.4 Å². The Labute approximate surface area is 129 Å². The van der Waals surface area contributed by atoms with Crippen molar-refractivity contribution >= 4 is 21.9 Å². The van der Waals surface area contributed by atoms with Gasteiger partial charge in [0.05, 0.1) is 18.2 Å². The first-order chi connectivity index (χ1) is 9.54. The molecule has 20 heavy (non-hydrogen) atoms. The molecule has 0 bridgehead atoms. The lowest BCUT2D eigenvalue weighted by molar-refractivity contribution is -0.140. The predicted molar refractivity (Wildman–Crippen MR) is 82.9 cm³/mol. The summed E-state index contributed by atoms with van der Waals surface area (Å²) in [6.45, 7) is 5.46. The molecule has 0 radical (unpaired) electrons. The van der Waals surface area contributed by atoms with E-state index in [0.29, 0.717) is 25.5 Å². The number of hydrogen-bond donors (Lipinski definition) is 1. The first kappa shape index (κ1) is 17.0. The molecule has 1 rings (SSSR count). The first-order valence-electron chi connectivity index (χ1n) is 6.75. The van der Waals surface area contributed by atoms with E-state index in [0.717, 1.165) is 22.3 Å². The van der Waals surface area contributed by atoms with Crippen molar-refractivity contribution < 1.29 is 14.3 Å². The molecule has 0 aliphatic rings. The average molecular weight is 344 g/mol. The number of benzene rings is 1. The molecular formula is C15H22BrNO3. The quantitative estimate of drug-likeness (QED) is 0.581. The van der Waals surface area contributed by atoms with E-state index in [2.05, 4.69) is 39.8 Å². The van der Waals surface area contributed by atoms with Crippen LogP contribution >= 0.6 is 15.9 Å². The summed E-state index contributed by atoms with van der Waals surface area (Å²) in [7, 11) is 1.40. The van der Waals surface area contributed by atoms with Crippen LogP contribution in [0.2, 0.25) is 0 Å². The molecule has 0 saturated heterocycles. The van der Waals surface area contributed by atoms with Gasteiger partial charge in [0.2, 0.25) is 0 Å². The highest BCUT2D eigenvalue weighted by Gasteiger charge is 2.09. The van der Waals surface area contributed by atoms with Crippen molar-refractivity contribution in [3.05, 3.63) is 28.2 Å². The summed E-state index contributed by atoms with van der Waals surface area (Å²) in [6.07, 6.45) is 1.02. The lowest BCUT2D eigenvalue weighted by Crippen LogP contribution is -2.22. The van der Waals surface area contributed by atoms with Crippen LogP contribution in [0.3, 0.4) is 0 Å². The molecular weight excluding hydrogens is 322 g/mol. The van der Waals surface area contributed by atoms with Crippen molar-refractivity contribution in [2.45, 2.75) is 39.3 Å². The average Bonchev–Trinajstić information content (AvgIpc) is 2.42. The Kier molecular flexibility index (Phi) is 7.62. The minimum absolute atomic E-state index is 0.206. The minimum atomic E-state index is -0.206. The molecule has 1 N–H and O–H groups in total. The smallest absolute Gasteiger partial charge is 0.305 e. The molecule has 0 aliphatic heterocycles. The number of carbonyl (C=O) groups excluding carboxylic acids is 1. The maximum Gasteiger partial charge on any atom is 0.305 e. The maximum atomic E-state index is 11.0. The van der Waals surface area contributed by atoms with Gasteiger partial charge in [0.15, 0.2) is 0 Å². The van der Waals surface area contributed by atoms with Gasteiger partial charge in [0, 0.05) is 24.6 Å². The van der Waals surface area contributed by atoms with Gasteiger partial charge in [-0.3, -0.25) is 4.79 Å². The lowest BCUT2D eigenvalue weighted by Gasteiger charge is -2.15. The van der Waals surface area contributed by atoms with E-state index in [4.69, 9.17) is 4.74 Å². The Bertz CT molecular complexity index is 435. The highest BCUT2D eigenvalue weighted by atomic mass is 79.9. The zero-order valence-electron chi connectivity index (χ0n) is 12.2. The van der Waals surface area contributed by atoms with Crippen molar-refractivity contribution in [3.63, 3.8) is 0 Å². The first-order valence-corrected chi connectivity index (χ1v) is 7.54. The van der Waals surface area contributed by atoms with Gasteiger partial charge < -0.3 is 14.8 Å². The van der Waals surface area contributed by atoms with Gasteiger partial charge in [0.1, 0.15) is 5.75 Å². The summed E-state index contributed by atoms with van der Waals surface area (Å²) >= 11 is 3.50. The number of ether oxygens (including phenoxy) is 2. The van der Waals surface area contributed by atoms with E-state index in [1.54, 1.807) is 0 Å². The third kappa shape index (κ3) is 5.92. The molecule has 0 amide bonds. The summed E-state index contributed by atoms with van der Waals surface area (Å²) < 4.78 is 11.3. The summed E-state index contributed by atoms with van der Waals surface area (Å²) in [4.78, 5) is 11.0. The fourth-order valence-electron chi connectivity index (χ4n) is 1.66. The Balaban J connectivity index is 2.56. The highest BCUT2D eigenvalue weighted by molar-refractivity contribution is 9.10. The van der Waals surface area contributed by atoms with Crippen LogP contribution < -0.4 is 10.1 Å². The number of rotatable bonds is 8. The van der Waals surface area contributed by atoms with Crippen LogP contribution in [0.25, 0.3) is 0 Å². The van der Waals surface area contributed by atoms with Crippen molar-refractivity contribution in [2.75, 3.05) is 13.7 Å². The zero-order chi connectivity index (χ0) is 15.0. The molecule has 0 fully saturated rings. The number of halogens is 1. The summed E-state index contributed by atoms with van der Waals surface area (Å²) in [5.74, 6) is 0.632. The number of methoxy groups -OCH3 is 1. The van der Waals surface area contributed by atoms with E-state index < -0.39 is 0 Å².